The molecule has 1 N–H and O–H groups in total. The van der Waals surface area contributed by atoms with E-state index < -0.39 is 0 Å². The molecule has 3 atom stereocenters. The maximum absolute atomic E-state index is 9.48. The van der Waals surface area contributed by atoms with Crippen molar-refractivity contribution in [3.05, 3.63) is 0 Å². The van der Waals surface area contributed by atoms with Gasteiger partial charge < -0.3 is 9.84 Å². The molecule has 2 nitrogen and oxygen atoms in total. The topological polar surface area (TPSA) is 32.8 Å². The van der Waals surface area contributed by atoms with Crippen molar-refractivity contribution in [3.63, 3.8) is 0 Å². The summed E-state index contributed by atoms with van der Waals surface area (Å²) in [6.45, 7) is 3.59. The molecule has 2 aliphatic rings. The highest BCUT2D eigenvalue weighted by Crippen LogP contribution is 2.44. The van der Waals surface area contributed by atoms with E-state index in [1.54, 1.807) is 0 Å². The van der Waals surface area contributed by atoms with Gasteiger partial charge in [-0.3, -0.25) is 0 Å². The van der Waals surface area contributed by atoms with Crippen LogP contribution in [0.25, 0.3) is 0 Å². The van der Waals surface area contributed by atoms with Crippen molar-refractivity contribution in [3.8, 4) is 0 Å². The fraction of sp³-hybridized carbons (Fsp3) is 1.00. The van der Waals surface area contributed by atoms with E-state index in [2.05, 4.69) is 6.92 Å². The molecule has 3 unspecified atom stereocenters. The van der Waals surface area contributed by atoms with Crippen molar-refractivity contribution in [2.45, 2.75) is 45.1 Å². The zero-order valence-corrected chi connectivity index (χ0v) is 8.46. The van der Waals surface area contributed by atoms with E-state index in [1.165, 1.54) is 25.7 Å². The van der Waals surface area contributed by atoms with Crippen LogP contribution in [0.5, 0.6) is 0 Å². The number of hydrogen-bond donors (Lipinski definition) is 1. The standard InChI is InChI=1S/C11H20O2/c1-9-3-2-4-11(5-9,8-12)6-10-7-13-10/h9-10,12H,2-8H2,1H3. The molecule has 0 bridgehead atoms. The van der Waals surface area contributed by atoms with Crippen LogP contribution >= 0.6 is 0 Å². The lowest BCUT2D eigenvalue weighted by Gasteiger charge is -2.38. The second kappa shape index (κ2) is 3.58. The molecule has 0 spiro atoms. The van der Waals surface area contributed by atoms with E-state index >= 15 is 0 Å². The van der Waals surface area contributed by atoms with Gasteiger partial charge in [0.1, 0.15) is 0 Å². The average Bonchev–Trinajstić information content (AvgIpc) is 2.88. The molecular formula is C11H20O2. The number of aliphatic hydroxyl groups is 1. The predicted molar refractivity (Wildman–Crippen MR) is 51.5 cm³/mol. The second-order valence-electron chi connectivity index (χ2n) is 5.02. The van der Waals surface area contributed by atoms with Crippen molar-refractivity contribution in [1.29, 1.82) is 0 Å². The summed E-state index contributed by atoms with van der Waals surface area (Å²) in [6.07, 6.45) is 6.59. The summed E-state index contributed by atoms with van der Waals surface area (Å²) < 4.78 is 5.26. The van der Waals surface area contributed by atoms with Gasteiger partial charge in [0.05, 0.1) is 12.7 Å². The van der Waals surface area contributed by atoms with Gasteiger partial charge in [-0.2, -0.15) is 0 Å². The van der Waals surface area contributed by atoms with Crippen LogP contribution in [0.3, 0.4) is 0 Å². The molecule has 1 aliphatic carbocycles. The summed E-state index contributed by atoms with van der Waals surface area (Å²) in [5.41, 5.74) is 0.207. The number of ether oxygens (including phenoxy) is 1. The molecule has 1 saturated carbocycles. The third kappa shape index (κ3) is 2.23. The summed E-state index contributed by atoms with van der Waals surface area (Å²) in [4.78, 5) is 0. The van der Waals surface area contributed by atoms with Gasteiger partial charge >= 0.3 is 0 Å². The van der Waals surface area contributed by atoms with Crippen LogP contribution in [0.2, 0.25) is 0 Å². The van der Waals surface area contributed by atoms with Crippen LogP contribution in [0.1, 0.15) is 39.0 Å². The Morgan fingerprint density at radius 2 is 2.31 bits per heavy atom. The largest absolute Gasteiger partial charge is 0.396 e. The van der Waals surface area contributed by atoms with Gasteiger partial charge in [-0.05, 0) is 30.6 Å². The molecule has 1 heterocycles. The van der Waals surface area contributed by atoms with E-state index in [1.807, 2.05) is 0 Å². The fourth-order valence-corrected chi connectivity index (χ4v) is 2.83. The summed E-state index contributed by atoms with van der Waals surface area (Å²) in [7, 11) is 0. The number of rotatable bonds is 3. The van der Waals surface area contributed by atoms with Crippen LogP contribution in [0.15, 0.2) is 0 Å². The summed E-state index contributed by atoms with van der Waals surface area (Å²) in [5.74, 6) is 0.791. The second-order valence-corrected chi connectivity index (χ2v) is 5.02. The first-order valence-corrected chi connectivity index (χ1v) is 5.47. The Kier molecular flexibility index (Phi) is 2.61. The average molecular weight is 184 g/mol. The lowest BCUT2D eigenvalue weighted by molar-refractivity contribution is 0.0455. The first kappa shape index (κ1) is 9.47. The van der Waals surface area contributed by atoms with Gasteiger partial charge in [0.15, 0.2) is 0 Å². The van der Waals surface area contributed by atoms with Crippen molar-refractivity contribution in [2.75, 3.05) is 13.2 Å². The molecule has 0 aromatic carbocycles. The van der Waals surface area contributed by atoms with Crippen molar-refractivity contribution in [1.82, 2.24) is 0 Å². The Morgan fingerprint density at radius 1 is 1.54 bits per heavy atom. The zero-order chi connectivity index (χ0) is 9.31. The van der Waals surface area contributed by atoms with E-state index in [-0.39, 0.29) is 5.41 Å². The SMILES string of the molecule is CC1CCCC(CO)(CC2CO2)C1. The van der Waals surface area contributed by atoms with Gasteiger partial charge in [-0.15, -0.1) is 0 Å². The molecule has 0 aromatic rings. The fourth-order valence-electron chi connectivity index (χ4n) is 2.83. The minimum absolute atomic E-state index is 0.207. The van der Waals surface area contributed by atoms with Crippen LogP contribution in [0.4, 0.5) is 0 Å². The lowest BCUT2D eigenvalue weighted by atomic mass is 9.68. The van der Waals surface area contributed by atoms with Gasteiger partial charge in [-0.1, -0.05) is 19.8 Å². The van der Waals surface area contributed by atoms with Crippen LogP contribution < -0.4 is 0 Å². The molecule has 2 fully saturated rings. The lowest BCUT2D eigenvalue weighted by Crippen LogP contribution is -2.32. The first-order valence-electron chi connectivity index (χ1n) is 5.47. The molecule has 0 aromatic heterocycles. The Balaban J connectivity index is 1.94. The molecule has 0 radical (unpaired) electrons. The summed E-state index contributed by atoms with van der Waals surface area (Å²) in [6, 6.07) is 0. The van der Waals surface area contributed by atoms with Crippen molar-refractivity contribution < 1.29 is 9.84 Å². The molecule has 0 amide bonds. The summed E-state index contributed by atoms with van der Waals surface area (Å²) >= 11 is 0. The highest BCUT2D eigenvalue weighted by molar-refractivity contribution is 4.89. The number of aliphatic hydroxyl groups excluding tert-OH is 1. The van der Waals surface area contributed by atoms with E-state index in [9.17, 15) is 5.11 Å². The van der Waals surface area contributed by atoms with E-state index in [0.29, 0.717) is 12.7 Å². The number of hydrogen-bond acceptors (Lipinski definition) is 2. The zero-order valence-electron chi connectivity index (χ0n) is 8.46. The van der Waals surface area contributed by atoms with Gasteiger partial charge in [0.2, 0.25) is 0 Å². The molecule has 1 saturated heterocycles. The highest BCUT2D eigenvalue weighted by Gasteiger charge is 2.39. The molecule has 2 rings (SSSR count). The normalized spacial score (nSPS) is 44.8. The van der Waals surface area contributed by atoms with Gasteiger partial charge in [-0.25, -0.2) is 0 Å². The molecular weight excluding hydrogens is 164 g/mol. The Morgan fingerprint density at radius 3 is 2.85 bits per heavy atom. The smallest absolute Gasteiger partial charge is 0.0816 e. The minimum Gasteiger partial charge on any atom is -0.396 e. The Bertz CT molecular complexity index is 173. The molecule has 13 heavy (non-hydrogen) atoms. The van der Waals surface area contributed by atoms with Crippen LogP contribution in [-0.4, -0.2) is 24.4 Å². The van der Waals surface area contributed by atoms with Gasteiger partial charge in [0, 0.05) is 6.61 Å². The highest BCUT2D eigenvalue weighted by atomic mass is 16.6. The Hall–Kier alpha value is -0.0800. The quantitative estimate of drug-likeness (QED) is 0.680. The minimum atomic E-state index is 0.207. The van der Waals surface area contributed by atoms with Gasteiger partial charge in [0.25, 0.3) is 0 Å². The van der Waals surface area contributed by atoms with E-state index in [4.69, 9.17) is 4.74 Å². The first-order chi connectivity index (χ1) is 6.24. The van der Waals surface area contributed by atoms with E-state index in [0.717, 1.165) is 18.9 Å². The van der Waals surface area contributed by atoms with Crippen LogP contribution in [0, 0.1) is 11.3 Å². The molecule has 76 valence electrons. The predicted octanol–water partition coefficient (Wildman–Crippen LogP) is 1.96. The van der Waals surface area contributed by atoms with Crippen molar-refractivity contribution >= 4 is 0 Å². The third-order valence-electron chi connectivity index (χ3n) is 3.58. The maximum atomic E-state index is 9.48. The molecule has 1 aliphatic heterocycles. The maximum Gasteiger partial charge on any atom is 0.0816 e. The number of epoxide rings is 1. The van der Waals surface area contributed by atoms with Crippen LogP contribution in [-0.2, 0) is 4.74 Å². The monoisotopic (exact) mass is 184 g/mol. The van der Waals surface area contributed by atoms with Crippen molar-refractivity contribution in [2.24, 2.45) is 11.3 Å². The molecule has 2 heteroatoms. The third-order valence-corrected chi connectivity index (χ3v) is 3.58. The Labute approximate surface area is 80.3 Å². The summed E-state index contributed by atoms with van der Waals surface area (Å²) in [5, 5.41) is 9.48.